The Labute approximate surface area is 97.6 Å². The fourth-order valence-corrected chi connectivity index (χ4v) is 3.11. The van der Waals surface area contributed by atoms with Crippen molar-refractivity contribution in [3.05, 3.63) is 0 Å². The molecule has 0 aromatic rings. The first-order valence-corrected chi connectivity index (χ1v) is 5.85. The first-order valence-electron chi connectivity index (χ1n) is 5.85. The highest BCUT2D eigenvalue weighted by molar-refractivity contribution is 5.86. The van der Waals surface area contributed by atoms with E-state index in [2.05, 4.69) is 0 Å². The fourth-order valence-electron chi connectivity index (χ4n) is 3.11. The zero-order valence-electron chi connectivity index (χ0n) is 9.31. The van der Waals surface area contributed by atoms with Crippen LogP contribution in [0.4, 0.5) is 8.78 Å². The second-order valence-corrected chi connectivity index (χ2v) is 4.75. The van der Waals surface area contributed by atoms with E-state index in [9.17, 15) is 18.4 Å². The minimum absolute atomic E-state index is 0.0764. The van der Waals surface area contributed by atoms with Gasteiger partial charge in [-0.1, -0.05) is 12.8 Å². The SMILES string of the molecule is O=C(O)C1CC2CCCCC2N1C(=O)C(F)F. The van der Waals surface area contributed by atoms with E-state index in [1.807, 2.05) is 0 Å². The predicted molar refractivity (Wildman–Crippen MR) is 54.6 cm³/mol. The average Bonchev–Trinajstić information content (AvgIpc) is 2.67. The van der Waals surface area contributed by atoms with Crippen molar-refractivity contribution in [3.63, 3.8) is 0 Å². The molecule has 3 unspecified atom stereocenters. The monoisotopic (exact) mass is 247 g/mol. The molecule has 0 radical (unpaired) electrons. The van der Waals surface area contributed by atoms with E-state index in [4.69, 9.17) is 5.11 Å². The van der Waals surface area contributed by atoms with Gasteiger partial charge in [0.25, 0.3) is 5.91 Å². The molecule has 0 bridgehead atoms. The normalized spacial score (nSPS) is 32.6. The zero-order chi connectivity index (χ0) is 12.6. The summed E-state index contributed by atoms with van der Waals surface area (Å²) in [5.41, 5.74) is 0. The minimum atomic E-state index is -3.11. The summed E-state index contributed by atoms with van der Waals surface area (Å²) >= 11 is 0. The van der Waals surface area contributed by atoms with E-state index in [1.54, 1.807) is 0 Å². The van der Waals surface area contributed by atoms with Crippen molar-refractivity contribution in [2.24, 2.45) is 5.92 Å². The molecule has 2 rings (SSSR count). The van der Waals surface area contributed by atoms with Gasteiger partial charge in [-0.05, 0) is 25.2 Å². The van der Waals surface area contributed by atoms with Crippen molar-refractivity contribution in [1.29, 1.82) is 0 Å². The maximum atomic E-state index is 12.5. The molecule has 0 aromatic carbocycles. The van der Waals surface area contributed by atoms with Crippen LogP contribution in [0.15, 0.2) is 0 Å². The number of halogens is 2. The number of nitrogens with zero attached hydrogens (tertiary/aromatic N) is 1. The largest absolute Gasteiger partial charge is 0.480 e. The van der Waals surface area contributed by atoms with Crippen molar-refractivity contribution in [2.45, 2.75) is 50.6 Å². The second kappa shape index (κ2) is 4.58. The third-order valence-corrected chi connectivity index (χ3v) is 3.81. The Morgan fingerprint density at radius 3 is 2.47 bits per heavy atom. The summed E-state index contributed by atoms with van der Waals surface area (Å²) in [6.45, 7) is 0. The van der Waals surface area contributed by atoms with E-state index < -0.39 is 24.3 Å². The Hall–Kier alpha value is -1.20. The second-order valence-electron chi connectivity index (χ2n) is 4.75. The molecule has 0 spiro atoms. The van der Waals surface area contributed by atoms with Gasteiger partial charge in [-0.15, -0.1) is 0 Å². The lowest BCUT2D eigenvalue weighted by atomic mass is 9.85. The molecule has 2 fully saturated rings. The third-order valence-electron chi connectivity index (χ3n) is 3.81. The van der Waals surface area contributed by atoms with E-state index in [-0.39, 0.29) is 12.0 Å². The highest BCUT2D eigenvalue weighted by Crippen LogP contribution is 2.40. The highest BCUT2D eigenvalue weighted by Gasteiger charge is 2.49. The molecule has 0 aromatic heterocycles. The Balaban J connectivity index is 2.23. The molecule has 1 amide bonds. The average molecular weight is 247 g/mol. The number of carboxylic acids is 1. The van der Waals surface area contributed by atoms with Crippen molar-refractivity contribution in [3.8, 4) is 0 Å². The van der Waals surface area contributed by atoms with Crippen LogP contribution in [0.25, 0.3) is 0 Å². The number of carboxylic acid groups (broad SMARTS) is 1. The highest BCUT2D eigenvalue weighted by atomic mass is 19.3. The summed E-state index contributed by atoms with van der Waals surface area (Å²) in [4.78, 5) is 23.4. The molecule has 96 valence electrons. The van der Waals surface area contributed by atoms with Crippen molar-refractivity contribution in [2.75, 3.05) is 0 Å². The maximum Gasteiger partial charge on any atom is 0.326 e. The van der Waals surface area contributed by atoms with Crippen LogP contribution in [0.3, 0.4) is 0 Å². The topological polar surface area (TPSA) is 57.6 Å². The minimum Gasteiger partial charge on any atom is -0.480 e. The molecule has 1 aliphatic heterocycles. The van der Waals surface area contributed by atoms with Gasteiger partial charge in [0, 0.05) is 6.04 Å². The van der Waals surface area contributed by atoms with Crippen LogP contribution in [-0.4, -0.2) is 40.4 Å². The fraction of sp³-hybridized carbons (Fsp3) is 0.818. The van der Waals surface area contributed by atoms with Gasteiger partial charge in [-0.3, -0.25) is 4.79 Å². The van der Waals surface area contributed by atoms with Gasteiger partial charge >= 0.3 is 12.4 Å². The summed E-state index contributed by atoms with van der Waals surface area (Å²) in [5.74, 6) is -2.42. The first-order chi connectivity index (χ1) is 8.02. The van der Waals surface area contributed by atoms with Gasteiger partial charge in [-0.25, -0.2) is 4.79 Å². The van der Waals surface area contributed by atoms with Gasteiger partial charge < -0.3 is 10.0 Å². The van der Waals surface area contributed by atoms with Crippen molar-refractivity contribution < 1.29 is 23.5 Å². The Bertz CT molecular complexity index is 335. The zero-order valence-corrected chi connectivity index (χ0v) is 9.31. The molecule has 1 saturated heterocycles. The first kappa shape index (κ1) is 12.3. The van der Waals surface area contributed by atoms with Crippen molar-refractivity contribution >= 4 is 11.9 Å². The molecule has 2 aliphatic rings. The number of hydrogen-bond donors (Lipinski definition) is 1. The summed E-state index contributed by atoms with van der Waals surface area (Å²) in [5, 5.41) is 9.02. The van der Waals surface area contributed by atoms with E-state index in [0.717, 1.165) is 24.2 Å². The van der Waals surface area contributed by atoms with E-state index in [1.165, 1.54) is 0 Å². The molecule has 1 aliphatic carbocycles. The number of hydrogen-bond acceptors (Lipinski definition) is 2. The Morgan fingerprint density at radius 2 is 1.88 bits per heavy atom. The number of fused-ring (bicyclic) bond motifs is 1. The van der Waals surface area contributed by atoms with Crippen LogP contribution in [0.2, 0.25) is 0 Å². The van der Waals surface area contributed by atoms with E-state index >= 15 is 0 Å². The standard InChI is InChI=1S/C11H15F2NO3/c12-9(13)10(15)14-7-4-2-1-3-6(7)5-8(14)11(16)17/h6-9H,1-5H2,(H,16,17). The van der Waals surface area contributed by atoms with Gasteiger partial charge in [0.05, 0.1) is 0 Å². The molecule has 1 saturated carbocycles. The van der Waals surface area contributed by atoms with Crippen molar-refractivity contribution in [1.82, 2.24) is 4.90 Å². The molecular weight excluding hydrogens is 232 g/mol. The predicted octanol–water partition coefficient (Wildman–Crippen LogP) is 1.50. The van der Waals surface area contributed by atoms with Crippen LogP contribution in [0.5, 0.6) is 0 Å². The lowest BCUT2D eigenvalue weighted by Gasteiger charge is -2.32. The molecule has 1 N–H and O–H groups in total. The van der Waals surface area contributed by atoms with E-state index in [0.29, 0.717) is 12.8 Å². The van der Waals surface area contributed by atoms with Crippen LogP contribution < -0.4 is 0 Å². The molecule has 6 heteroatoms. The molecule has 17 heavy (non-hydrogen) atoms. The van der Waals surface area contributed by atoms with Gasteiger partial charge in [0.2, 0.25) is 0 Å². The number of aliphatic carboxylic acids is 1. The summed E-state index contributed by atoms with van der Waals surface area (Å²) in [6, 6.07) is -1.36. The number of alkyl halides is 2. The number of carbonyl (C=O) groups is 2. The van der Waals surface area contributed by atoms with Crippen LogP contribution in [0, 0.1) is 5.92 Å². The van der Waals surface area contributed by atoms with Gasteiger partial charge in [-0.2, -0.15) is 8.78 Å². The molecule has 1 heterocycles. The molecule has 4 nitrogen and oxygen atoms in total. The molecular formula is C11H15F2NO3. The number of rotatable bonds is 2. The summed E-state index contributed by atoms with van der Waals surface area (Å²) in [6.07, 6.45) is 0.551. The van der Waals surface area contributed by atoms with Gasteiger partial charge in [0.15, 0.2) is 0 Å². The van der Waals surface area contributed by atoms with Crippen LogP contribution >= 0.6 is 0 Å². The number of carbonyl (C=O) groups excluding carboxylic acids is 1. The summed E-state index contributed by atoms with van der Waals surface area (Å²) < 4.78 is 25.0. The smallest absolute Gasteiger partial charge is 0.326 e. The Morgan fingerprint density at radius 1 is 1.24 bits per heavy atom. The van der Waals surface area contributed by atoms with Gasteiger partial charge in [0.1, 0.15) is 6.04 Å². The quantitative estimate of drug-likeness (QED) is 0.804. The van der Waals surface area contributed by atoms with Crippen LogP contribution in [0.1, 0.15) is 32.1 Å². The maximum absolute atomic E-state index is 12.5. The van der Waals surface area contributed by atoms with Crippen LogP contribution in [-0.2, 0) is 9.59 Å². The lowest BCUT2D eigenvalue weighted by Crippen LogP contribution is -2.48. The molecule has 3 atom stereocenters. The Kier molecular flexibility index (Phi) is 3.31. The third kappa shape index (κ3) is 2.12. The number of amides is 1. The summed E-state index contributed by atoms with van der Waals surface area (Å²) in [7, 11) is 0. The number of likely N-dealkylation sites (tertiary alicyclic amines) is 1. The lowest BCUT2D eigenvalue weighted by molar-refractivity contribution is -0.155.